The van der Waals surface area contributed by atoms with Gasteiger partial charge in [0, 0.05) is 30.8 Å². The molecule has 0 aliphatic heterocycles. The third-order valence-electron chi connectivity index (χ3n) is 3.90. The highest BCUT2D eigenvalue weighted by atomic mass is 31.2. The summed E-state index contributed by atoms with van der Waals surface area (Å²) in [6.07, 6.45) is 5.18. The quantitative estimate of drug-likeness (QED) is 0.284. The molecule has 0 bridgehead atoms. The van der Waals surface area contributed by atoms with E-state index in [0.29, 0.717) is 12.0 Å². The summed E-state index contributed by atoms with van der Waals surface area (Å²) in [5.74, 6) is 0.151. The van der Waals surface area contributed by atoms with E-state index in [2.05, 4.69) is 6.58 Å². The van der Waals surface area contributed by atoms with Gasteiger partial charge in [-0.15, -0.1) is 0 Å². The fraction of sp³-hybridized carbons (Fsp3) is 0.278. The molecule has 138 valence electrons. The van der Waals surface area contributed by atoms with Crippen LogP contribution in [0.3, 0.4) is 0 Å². The van der Waals surface area contributed by atoms with Crippen molar-refractivity contribution in [2.75, 3.05) is 6.66 Å². The van der Waals surface area contributed by atoms with Gasteiger partial charge in [-0.25, -0.2) is 4.57 Å². The van der Waals surface area contributed by atoms with Crippen LogP contribution >= 0.6 is 7.60 Å². The molecule has 2 rings (SSSR count). The molecule has 0 saturated heterocycles. The number of carbonyl (C=O) groups excluding carboxylic acids is 1. The molecule has 0 fully saturated rings. The minimum absolute atomic E-state index is 0.0449. The topological polar surface area (TPSA) is 95.7 Å². The zero-order chi connectivity index (χ0) is 19.3. The van der Waals surface area contributed by atoms with Gasteiger partial charge in [-0.05, 0) is 31.1 Å². The molecular formula is C18H20NO6P. The predicted molar refractivity (Wildman–Crippen MR) is 98.4 cm³/mol. The molecule has 0 spiro atoms. The molecule has 0 radical (unpaired) electrons. The van der Waals surface area contributed by atoms with Crippen LogP contribution in [0.1, 0.15) is 19.8 Å². The minimum Gasteiger partial charge on any atom is -0.425 e. The first-order valence-corrected chi connectivity index (χ1v) is 9.93. The Kier molecular flexibility index (Phi) is 6.29. The standard InChI is InChI=1S/C18H20NO6P/c1-4-5-6-7-16-13(2)18(12-17(16)20)25-26(3,23)24-15-10-8-14(9-11-15)19(21)22/h4-6,8-11,18H,1,7,12H2,2-3H3/b6-5+/t18-,26+/m0/s1. The SMILES string of the molecule is C=C/C=C/CC1=C(C)[C@@H](O[P@](C)(=O)Oc2ccc([N+](=O)[O-])cc2)CC1=O. The largest absolute Gasteiger partial charge is 0.425 e. The molecule has 0 saturated carbocycles. The molecule has 0 unspecified atom stereocenters. The molecule has 8 heteroatoms. The van der Waals surface area contributed by atoms with Gasteiger partial charge in [-0.1, -0.05) is 24.8 Å². The lowest BCUT2D eigenvalue weighted by molar-refractivity contribution is -0.384. The molecule has 0 amide bonds. The third kappa shape index (κ3) is 5.00. The fourth-order valence-electron chi connectivity index (χ4n) is 2.61. The number of carbonyl (C=O) groups is 1. The van der Waals surface area contributed by atoms with Crippen molar-refractivity contribution in [2.45, 2.75) is 25.9 Å². The van der Waals surface area contributed by atoms with Gasteiger partial charge in [0.25, 0.3) is 5.69 Å². The van der Waals surface area contributed by atoms with Crippen molar-refractivity contribution >= 4 is 19.1 Å². The van der Waals surface area contributed by atoms with E-state index in [-0.39, 0.29) is 23.6 Å². The number of nitrogens with zero attached hydrogens (tertiary/aromatic N) is 1. The van der Waals surface area contributed by atoms with Crippen molar-refractivity contribution in [1.29, 1.82) is 0 Å². The molecule has 1 aromatic carbocycles. The highest BCUT2D eigenvalue weighted by molar-refractivity contribution is 7.53. The number of allylic oxidation sites excluding steroid dienone is 4. The van der Waals surface area contributed by atoms with E-state index in [1.807, 2.05) is 6.08 Å². The molecule has 0 aromatic heterocycles. The maximum Gasteiger partial charge on any atom is 0.376 e. The summed E-state index contributed by atoms with van der Waals surface area (Å²) in [6, 6.07) is 5.21. The van der Waals surface area contributed by atoms with E-state index in [0.717, 1.165) is 5.57 Å². The summed E-state index contributed by atoms with van der Waals surface area (Å²) in [7, 11) is -3.51. The molecule has 0 heterocycles. The molecular weight excluding hydrogens is 357 g/mol. The summed E-state index contributed by atoms with van der Waals surface area (Å²) in [5, 5.41) is 10.7. The van der Waals surface area contributed by atoms with E-state index >= 15 is 0 Å². The van der Waals surface area contributed by atoms with E-state index in [4.69, 9.17) is 9.05 Å². The Morgan fingerprint density at radius 3 is 2.62 bits per heavy atom. The van der Waals surface area contributed by atoms with Gasteiger partial charge in [0.1, 0.15) is 5.75 Å². The van der Waals surface area contributed by atoms with Crippen molar-refractivity contribution in [1.82, 2.24) is 0 Å². The zero-order valence-corrected chi connectivity index (χ0v) is 15.5. The normalized spacial score (nSPS) is 19.6. The molecule has 0 N–H and O–H groups in total. The van der Waals surface area contributed by atoms with Gasteiger partial charge >= 0.3 is 7.60 Å². The molecule has 1 aliphatic carbocycles. The molecule has 1 aliphatic rings. The lowest BCUT2D eigenvalue weighted by Gasteiger charge is -2.20. The Hall–Kier alpha value is -2.50. The number of Topliss-reactive ketones (excluding diaryl/α,β-unsaturated/α-hetero) is 1. The van der Waals surface area contributed by atoms with Gasteiger partial charge in [0.2, 0.25) is 0 Å². The highest BCUT2D eigenvalue weighted by Gasteiger charge is 2.34. The van der Waals surface area contributed by atoms with Crippen molar-refractivity contribution in [3.63, 3.8) is 0 Å². The van der Waals surface area contributed by atoms with Crippen LogP contribution in [0.2, 0.25) is 0 Å². The smallest absolute Gasteiger partial charge is 0.376 e. The number of ketones is 1. The van der Waals surface area contributed by atoms with Crippen LogP contribution in [0.15, 0.2) is 60.2 Å². The summed E-state index contributed by atoms with van der Waals surface area (Å²) in [6.45, 7) is 6.66. The monoisotopic (exact) mass is 377 g/mol. The highest BCUT2D eigenvalue weighted by Crippen LogP contribution is 2.48. The van der Waals surface area contributed by atoms with Crippen LogP contribution in [0, 0.1) is 10.1 Å². The number of hydrogen-bond donors (Lipinski definition) is 0. The van der Waals surface area contributed by atoms with Gasteiger partial charge in [-0.2, -0.15) is 0 Å². The van der Waals surface area contributed by atoms with Crippen molar-refractivity contribution < 1.29 is 23.3 Å². The second-order valence-corrected chi connectivity index (χ2v) is 7.80. The molecule has 26 heavy (non-hydrogen) atoms. The van der Waals surface area contributed by atoms with E-state index in [1.54, 1.807) is 19.1 Å². The van der Waals surface area contributed by atoms with Crippen LogP contribution in [0.5, 0.6) is 5.75 Å². The maximum atomic E-state index is 12.6. The number of non-ortho nitro benzene ring substituents is 1. The van der Waals surface area contributed by atoms with Gasteiger partial charge < -0.3 is 4.52 Å². The Labute approximate surface area is 151 Å². The summed E-state index contributed by atoms with van der Waals surface area (Å²) in [5.41, 5.74) is 1.28. The van der Waals surface area contributed by atoms with Crippen LogP contribution < -0.4 is 4.52 Å². The first kappa shape index (κ1) is 19.8. The zero-order valence-electron chi connectivity index (χ0n) is 14.6. The Bertz CT molecular complexity index is 825. The van der Waals surface area contributed by atoms with Crippen LogP contribution in [-0.4, -0.2) is 23.5 Å². The van der Waals surface area contributed by atoms with Crippen LogP contribution in [-0.2, 0) is 13.9 Å². The Morgan fingerprint density at radius 1 is 1.38 bits per heavy atom. The molecule has 2 atom stereocenters. The van der Waals surface area contributed by atoms with E-state index in [1.165, 1.54) is 30.9 Å². The number of benzene rings is 1. The fourth-order valence-corrected chi connectivity index (χ4v) is 3.85. The second kappa shape index (κ2) is 8.25. The number of nitro groups is 1. The summed E-state index contributed by atoms with van der Waals surface area (Å²) < 4.78 is 23.6. The number of hydrogen-bond acceptors (Lipinski definition) is 6. The Morgan fingerprint density at radius 2 is 2.04 bits per heavy atom. The van der Waals surface area contributed by atoms with Crippen LogP contribution in [0.25, 0.3) is 0 Å². The lowest BCUT2D eigenvalue weighted by atomic mass is 10.1. The van der Waals surface area contributed by atoms with Crippen molar-refractivity contribution in [3.05, 3.63) is 70.3 Å². The van der Waals surface area contributed by atoms with E-state index < -0.39 is 18.6 Å². The molecule has 7 nitrogen and oxygen atoms in total. The number of nitro benzene ring substituents is 1. The predicted octanol–water partition coefficient (Wildman–Crippen LogP) is 4.60. The third-order valence-corrected chi connectivity index (χ3v) is 5.08. The summed E-state index contributed by atoms with van der Waals surface area (Å²) >= 11 is 0. The maximum absolute atomic E-state index is 12.6. The van der Waals surface area contributed by atoms with Gasteiger partial charge in [-0.3, -0.25) is 19.4 Å². The minimum atomic E-state index is -3.51. The van der Waals surface area contributed by atoms with Gasteiger partial charge in [0.05, 0.1) is 11.0 Å². The first-order valence-electron chi connectivity index (χ1n) is 7.94. The average Bonchev–Trinajstić information content (AvgIpc) is 2.81. The second-order valence-electron chi connectivity index (χ2n) is 5.86. The number of rotatable bonds is 8. The van der Waals surface area contributed by atoms with Crippen molar-refractivity contribution in [2.24, 2.45) is 0 Å². The Balaban J connectivity index is 2.07. The van der Waals surface area contributed by atoms with E-state index in [9.17, 15) is 19.5 Å². The lowest BCUT2D eigenvalue weighted by Crippen LogP contribution is -2.12. The van der Waals surface area contributed by atoms with Crippen LogP contribution in [0.4, 0.5) is 5.69 Å². The summed E-state index contributed by atoms with van der Waals surface area (Å²) in [4.78, 5) is 22.3. The average molecular weight is 377 g/mol. The first-order chi connectivity index (χ1) is 12.2. The van der Waals surface area contributed by atoms with Crippen molar-refractivity contribution in [3.8, 4) is 5.75 Å². The van der Waals surface area contributed by atoms with Gasteiger partial charge in [0.15, 0.2) is 5.78 Å². The molecule has 1 aromatic rings.